The highest BCUT2D eigenvalue weighted by Gasteiger charge is 2.48. The first-order valence-electron chi connectivity index (χ1n) is 8.01. The van der Waals surface area contributed by atoms with Crippen LogP contribution in [0.3, 0.4) is 0 Å². The smallest absolute Gasteiger partial charge is 0.262 e. The number of aryl methyl sites for hydroxylation is 1. The Morgan fingerprint density at radius 2 is 2.15 bits per heavy atom. The molecule has 0 radical (unpaired) electrons. The SMILES string of the molecule is CNC(=O)C1(Nc2cccc(F)c2)CCN(S(=O)(=O)c2cn(C)cn2)C1. The summed E-state index contributed by atoms with van der Waals surface area (Å²) >= 11 is 0. The molecule has 0 bridgehead atoms. The lowest BCUT2D eigenvalue weighted by Crippen LogP contribution is -2.54. The van der Waals surface area contributed by atoms with Crippen molar-refractivity contribution in [2.24, 2.45) is 7.05 Å². The van der Waals surface area contributed by atoms with Crippen LogP contribution in [0.2, 0.25) is 0 Å². The standard InChI is InChI=1S/C16H20FN5O3S/c1-18-15(23)16(20-13-5-3-4-12(17)8-13)6-7-22(10-16)26(24,25)14-9-21(2)11-19-14/h3-5,8-9,11,20H,6-7,10H2,1-2H3,(H,18,23). The molecule has 1 saturated heterocycles. The third-order valence-electron chi connectivity index (χ3n) is 4.39. The minimum Gasteiger partial charge on any atom is -0.370 e. The van der Waals surface area contributed by atoms with Crippen LogP contribution in [0.25, 0.3) is 0 Å². The normalized spacial score (nSPS) is 20.9. The maximum atomic E-state index is 13.5. The average molecular weight is 381 g/mol. The van der Waals surface area contributed by atoms with E-state index in [2.05, 4.69) is 15.6 Å². The summed E-state index contributed by atoms with van der Waals surface area (Å²) in [6, 6.07) is 5.71. The molecule has 1 fully saturated rings. The third-order valence-corrected chi connectivity index (χ3v) is 6.12. The molecule has 3 rings (SSSR count). The van der Waals surface area contributed by atoms with Crippen molar-refractivity contribution < 1.29 is 17.6 Å². The zero-order valence-electron chi connectivity index (χ0n) is 14.4. The Labute approximate surface area is 151 Å². The van der Waals surface area contributed by atoms with E-state index in [4.69, 9.17) is 0 Å². The zero-order chi connectivity index (χ0) is 18.9. The van der Waals surface area contributed by atoms with Gasteiger partial charge in [0.15, 0.2) is 5.03 Å². The number of benzene rings is 1. The van der Waals surface area contributed by atoms with Crippen LogP contribution in [-0.2, 0) is 21.9 Å². The first kappa shape index (κ1) is 18.3. The Morgan fingerprint density at radius 3 is 2.77 bits per heavy atom. The van der Waals surface area contributed by atoms with Gasteiger partial charge in [0.2, 0.25) is 5.91 Å². The van der Waals surface area contributed by atoms with Crippen molar-refractivity contribution in [1.82, 2.24) is 19.2 Å². The van der Waals surface area contributed by atoms with Crippen molar-refractivity contribution >= 4 is 21.6 Å². The molecule has 10 heteroatoms. The van der Waals surface area contributed by atoms with Crippen LogP contribution in [-0.4, -0.2) is 53.9 Å². The van der Waals surface area contributed by atoms with Gasteiger partial charge in [-0.3, -0.25) is 4.79 Å². The zero-order valence-corrected chi connectivity index (χ0v) is 15.3. The molecule has 1 aliphatic heterocycles. The highest BCUT2D eigenvalue weighted by molar-refractivity contribution is 7.89. The molecular weight excluding hydrogens is 361 g/mol. The lowest BCUT2D eigenvalue weighted by atomic mass is 9.97. The van der Waals surface area contributed by atoms with Gasteiger partial charge in [0.05, 0.1) is 6.33 Å². The van der Waals surface area contributed by atoms with Crippen molar-refractivity contribution in [1.29, 1.82) is 0 Å². The molecule has 1 aromatic carbocycles. The number of anilines is 1. The summed E-state index contributed by atoms with van der Waals surface area (Å²) < 4.78 is 41.8. The van der Waals surface area contributed by atoms with Crippen LogP contribution in [0.15, 0.2) is 41.8 Å². The number of carbonyl (C=O) groups is 1. The molecule has 0 spiro atoms. The molecule has 2 aromatic rings. The van der Waals surface area contributed by atoms with E-state index in [-0.39, 0.29) is 30.4 Å². The van der Waals surface area contributed by atoms with E-state index in [1.807, 2.05) is 0 Å². The summed E-state index contributed by atoms with van der Waals surface area (Å²) in [6.45, 7) is 0.0662. The largest absolute Gasteiger partial charge is 0.370 e. The Hall–Kier alpha value is -2.46. The quantitative estimate of drug-likeness (QED) is 0.789. The van der Waals surface area contributed by atoms with E-state index < -0.39 is 21.4 Å². The highest BCUT2D eigenvalue weighted by Crippen LogP contribution is 2.30. The molecule has 140 valence electrons. The Bertz CT molecular complexity index is 929. The van der Waals surface area contributed by atoms with Crippen LogP contribution in [0, 0.1) is 5.82 Å². The van der Waals surface area contributed by atoms with Gasteiger partial charge in [0.25, 0.3) is 10.0 Å². The lowest BCUT2D eigenvalue weighted by Gasteiger charge is -2.29. The van der Waals surface area contributed by atoms with Gasteiger partial charge < -0.3 is 15.2 Å². The van der Waals surface area contributed by atoms with Crippen LogP contribution >= 0.6 is 0 Å². The van der Waals surface area contributed by atoms with Crippen molar-refractivity contribution in [2.45, 2.75) is 17.0 Å². The first-order valence-corrected chi connectivity index (χ1v) is 9.45. The summed E-state index contributed by atoms with van der Waals surface area (Å²) in [7, 11) is -0.667. The summed E-state index contributed by atoms with van der Waals surface area (Å²) in [5.74, 6) is -0.807. The summed E-state index contributed by atoms with van der Waals surface area (Å²) in [4.78, 5) is 16.4. The molecule has 8 nitrogen and oxygen atoms in total. The molecule has 1 aliphatic rings. The van der Waals surface area contributed by atoms with Crippen LogP contribution in [0.1, 0.15) is 6.42 Å². The number of nitrogens with zero attached hydrogens (tertiary/aromatic N) is 3. The minimum atomic E-state index is -3.82. The number of carbonyl (C=O) groups excluding carboxylic acids is 1. The number of aromatic nitrogens is 2. The molecule has 1 unspecified atom stereocenters. The molecular formula is C16H20FN5O3S. The van der Waals surface area contributed by atoms with Crippen LogP contribution < -0.4 is 10.6 Å². The van der Waals surface area contributed by atoms with Gasteiger partial charge in [0.1, 0.15) is 11.4 Å². The van der Waals surface area contributed by atoms with Gasteiger partial charge in [-0.2, -0.15) is 4.31 Å². The number of amides is 1. The van der Waals surface area contributed by atoms with Gasteiger partial charge in [-0.25, -0.2) is 17.8 Å². The summed E-state index contributed by atoms with van der Waals surface area (Å²) in [6.07, 6.45) is 3.06. The van der Waals surface area contributed by atoms with Gasteiger partial charge in [-0.1, -0.05) is 6.07 Å². The third kappa shape index (κ3) is 3.29. The monoisotopic (exact) mass is 381 g/mol. The van der Waals surface area contributed by atoms with E-state index in [1.54, 1.807) is 17.7 Å². The number of likely N-dealkylation sites (N-methyl/N-ethyl adjacent to an activating group) is 1. The van der Waals surface area contributed by atoms with E-state index in [0.717, 1.165) is 0 Å². The molecule has 2 N–H and O–H groups in total. The number of nitrogens with one attached hydrogen (secondary N) is 2. The van der Waals surface area contributed by atoms with Gasteiger partial charge >= 0.3 is 0 Å². The highest BCUT2D eigenvalue weighted by atomic mass is 32.2. The number of hydrogen-bond donors (Lipinski definition) is 2. The van der Waals surface area contributed by atoms with Crippen molar-refractivity contribution in [3.05, 3.63) is 42.6 Å². The number of hydrogen-bond acceptors (Lipinski definition) is 5. The number of halogens is 1. The maximum Gasteiger partial charge on any atom is 0.262 e. The average Bonchev–Trinajstić information content (AvgIpc) is 3.22. The Balaban J connectivity index is 1.90. The van der Waals surface area contributed by atoms with E-state index in [1.165, 1.54) is 42.1 Å². The second-order valence-electron chi connectivity index (χ2n) is 6.26. The molecule has 1 atom stereocenters. The minimum absolute atomic E-state index is 0.0709. The topological polar surface area (TPSA) is 96.3 Å². The fourth-order valence-electron chi connectivity index (χ4n) is 3.06. The van der Waals surface area contributed by atoms with E-state index >= 15 is 0 Å². The van der Waals surface area contributed by atoms with Crippen LogP contribution in [0.4, 0.5) is 10.1 Å². The van der Waals surface area contributed by atoms with Crippen molar-refractivity contribution in [2.75, 3.05) is 25.5 Å². The summed E-state index contributed by atoms with van der Waals surface area (Å²) in [5.41, 5.74) is -0.782. The van der Waals surface area contributed by atoms with Crippen molar-refractivity contribution in [3.8, 4) is 0 Å². The van der Waals surface area contributed by atoms with Gasteiger partial charge in [-0.05, 0) is 24.6 Å². The molecule has 1 aromatic heterocycles. The number of imidazole rings is 1. The number of sulfonamides is 1. The van der Waals surface area contributed by atoms with Crippen molar-refractivity contribution in [3.63, 3.8) is 0 Å². The van der Waals surface area contributed by atoms with E-state index in [0.29, 0.717) is 5.69 Å². The first-order chi connectivity index (χ1) is 12.3. The van der Waals surface area contributed by atoms with Gasteiger partial charge in [0, 0.05) is 39.1 Å². The predicted molar refractivity (Wildman–Crippen MR) is 93.4 cm³/mol. The van der Waals surface area contributed by atoms with Gasteiger partial charge in [-0.15, -0.1) is 0 Å². The fourth-order valence-corrected chi connectivity index (χ4v) is 4.53. The number of rotatable bonds is 5. The Morgan fingerprint density at radius 1 is 1.38 bits per heavy atom. The predicted octanol–water partition coefficient (Wildman–Crippen LogP) is 0.550. The van der Waals surface area contributed by atoms with E-state index in [9.17, 15) is 17.6 Å². The lowest BCUT2D eigenvalue weighted by molar-refractivity contribution is -0.124. The second kappa shape index (κ2) is 6.69. The fraction of sp³-hybridized carbons (Fsp3) is 0.375. The molecule has 0 saturated carbocycles. The van der Waals surface area contributed by atoms with Crippen LogP contribution in [0.5, 0.6) is 0 Å². The summed E-state index contributed by atoms with van der Waals surface area (Å²) in [5, 5.41) is 5.51. The molecule has 26 heavy (non-hydrogen) atoms. The molecule has 0 aliphatic carbocycles. The molecule has 2 heterocycles. The Kier molecular flexibility index (Phi) is 4.72. The maximum absolute atomic E-state index is 13.5. The second-order valence-corrected chi connectivity index (χ2v) is 8.15. The molecule has 1 amide bonds.